The number of furan rings is 1. The first-order valence-corrected chi connectivity index (χ1v) is 6.65. The van der Waals surface area contributed by atoms with Crippen LogP contribution in [0.25, 0.3) is 0 Å². The van der Waals surface area contributed by atoms with Gasteiger partial charge in [0.15, 0.2) is 0 Å². The number of carboxylic acids is 1. The van der Waals surface area contributed by atoms with Crippen LogP contribution < -0.4 is 5.32 Å². The smallest absolute Gasteiger partial charge is 0.371 e. The van der Waals surface area contributed by atoms with Crippen LogP contribution >= 0.6 is 0 Å². The molecule has 4 nitrogen and oxygen atoms in total. The quantitative estimate of drug-likeness (QED) is 0.862. The molecule has 2 N–H and O–H groups in total. The van der Waals surface area contributed by atoms with Gasteiger partial charge in [-0.05, 0) is 37.8 Å². The van der Waals surface area contributed by atoms with E-state index in [2.05, 4.69) is 12.2 Å². The van der Waals surface area contributed by atoms with E-state index in [1.807, 2.05) is 6.92 Å². The Morgan fingerprint density at radius 1 is 1.50 bits per heavy atom. The van der Waals surface area contributed by atoms with Gasteiger partial charge >= 0.3 is 5.97 Å². The molecule has 0 aliphatic heterocycles. The summed E-state index contributed by atoms with van der Waals surface area (Å²) >= 11 is 0. The van der Waals surface area contributed by atoms with Gasteiger partial charge in [0.05, 0.1) is 6.04 Å². The predicted octanol–water partition coefficient (Wildman–Crippen LogP) is 3.21. The average Bonchev–Trinajstić information content (AvgIpc) is 2.78. The Kier molecular flexibility index (Phi) is 4.07. The normalized spacial score (nSPS) is 25.9. The molecular weight excluding hydrogens is 230 g/mol. The summed E-state index contributed by atoms with van der Waals surface area (Å²) < 4.78 is 5.31. The minimum absolute atomic E-state index is 0.00987. The van der Waals surface area contributed by atoms with Crippen molar-refractivity contribution >= 4 is 5.97 Å². The second-order valence-corrected chi connectivity index (χ2v) is 5.36. The fraction of sp³-hybridized carbons (Fsp3) is 0.643. The molecule has 0 saturated heterocycles. The number of rotatable bonds is 4. The van der Waals surface area contributed by atoms with Crippen molar-refractivity contribution in [2.75, 3.05) is 0 Å². The Labute approximate surface area is 107 Å². The van der Waals surface area contributed by atoms with E-state index in [-0.39, 0.29) is 11.8 Å². The van der Waals surface area contributed by atoms with Crippen molar-refractivity contribution in [1.82, 2.24) is 5.32 Å². The lowest BCUT2D eigenvalue weighted by Crippen LogP contribution is -2.35. The molecule has 1 aliphatic carbocycles. The number of aromatic carboxylic acids is 1. The third kappa shape index (κ3) is 3.13. The summed E-state index contributed by atoms with van der Waals surface area (Å²) in [5, 5.41) is 12.4. The second-order valence-electron chi connectivity index (χ2n) is 5.36. The summed E-state index contributed by atoms with van der Waals surface area (Å²) in [5.41, 5.74) is 0. The maximum Gasteiger partial charge on any atom is 0.371 e. The molecule has 1 aromatic rings. The molecule has 0 bridgehead atoms. The van der Waals surface area contributed by atoms with Gasteiger partial charge < -0.3 is 14.8 Å². The maximum atomic E-state index is 10.8. The van der Waals surface area contributed by atoms with Crippen LogP contribution in [0.15, 0.2) is 16.5 Å². The molecular formula is C14H21NO3. The van der Waals surface area contributed by atoms with Crippen molar-refractivity contribution < 1.29 is 14.3 Å². The summed E-state index contributed by atoms with van der Waals surface area (Å²) in [6, 6.07) is 3.84. The van der Waals surface area contributed by atoms with Crippen molar-refractivity contribution in [3.05, 3.63) is 23.7 Å². The maximum absolute atomic E-state index is 10.8. The van der Waals surface area contributed by atoms with E-state index in [9.17, 15) is 4.79 Å². The Bertz CT molecular complexity index is 413. The first-order chi connectivity index (χ1) is 8.56. The molecule has 0 aromatic carbocycles. The van der Waals surface area contributed by atoms with Crippen LogP contribution in [-0.2, 0) is 0 Å². The molecule has 1 saturated carbocycles. The predicted molar refractivity (Wildman–Crippen MR) is 68.6 cm³/mol. The van der Waals surface area contributed by atoms with E-state index in [1.165, 1.54) is 31.7 Å². The zero-order chi connectivity index (χ0) is 13.1. The molecule has 3 unspecified atom stereocenters. The van der Waals surface area contributed by atoms with Crippen LogP contribution in [-0.4, -0.2) is 17.1 Å². The number of carboxylic acid groups (broad SMARTS) is 1. The molecule has 18 heavy (non-hydrogen) atoms. The first-order valence-electron chi connectivity index (χ1n) is 6.65. The SMILES string of the molecule is CC1CCCC(NC(C)c2ccc(C(=O)O)o2)C1. The van der Waals surface area contributed by atoms with Crippen molar-refractivity contribution in [2.24, 2.45) is 5.92 Å². The van der Waals surface area contributed by atoms with Gasteiger partial charge in [0.1, 0.15) is 5.76 Å². The molecule has 3 atom stereocenters. The molecule has 4 heteroatoms. The highest BCUT2D eigenvalue weighted by atomic mass is 16.4. The molecule has 0 radical (unpaired) electrons. The monoisotopic (exact) mass is 251 g/mol. The van der Waals surface area contributed by atoms with Crippen LogP contribution in [0.2, 0.25) is 0 Å². The van der Waals surface area contributed by atoms with Crippen LogP contribution in [0.5, 0.6) is 0 Å². The third-order valence-corrected chi connectivity index (χ3v) is 3.69. The minimum Gasteiger partial charge on any atom is -0.475 e. The van der Waals surface area contributed by atoms with Gasteiger partial charge in [-0.1, -0.05) is 19.8 Å². The Balaban J connectivity index is 1.93. The lowest BCUT2D eigenvalue weighted by molar-refractivity contribution is 0.0659. The fourth-order valence-corrected chi connectivity index (χ4v) is 2.72. The minimum atomic E-state index is -1.01. The summed E-state index contributed by atoms with van der Waals surface area (Å²) in [6.45, 7) is 4.30. The van der Waals surface area contributed by atoms with E-state index in [0.717, 1.165) is 5.92 Å². The van der Waals surface area contributed by atoms with Crippen LogP contribution in [0.1, 0.15) is 61.9 Å². The molecule has 1 aliphatic rings. The average molecular weight is 251 g/mol. The summed E-state index contributed by atoms with van der Waals surface area (Å²) in [4.78, 5) is 10.8. The topological polar surface area (TPSA) is 62.5 Å². The van der Waals surface area contributed by atoms with Crippen LogP contribution in [0, 0.1) is 5.92 Å². The standard InChI is InChI=1S/C14H21NO3/c1-9-4-3-5-11(8-9)15-10(2)12-6-7-13(18-12)14(16)17/h6-7,9-11,15H,3-5,8H2,1-2H3,(H,16,17). The lowest BCUT2D eigenvalue weighted by Gasteiger charge is -2.29. The van der Waals surface area contributed by atoms with E-state index in [1.54, 1.807) is 6.07 Å². The van der Waals surface area contributed by atoms with Crippen LogP contribution in [0.3, 0.4) is 0 Å². The first kappa shape index (κ1) is 13.1. The van der Waals surface area contributed by atoms with E-state index in [4.69, 9.17) is 9.52 Å². The third-order valence-electron chi connectivity index (χ3n) is 3.69. The van der Waals surface area contributed by atoms with Gasteiger partial charge in [-0.2, -0.15) is 0 Å². The zero-order valence-corrected chi connectivity index (χ0v) is 11.0. The summed E-state index contributed by atoms with van der Waals surface area (Å²) in [5.74, 6) is 0.468. The fourth-order valence-electron chi connectivity index (χ4n) is 2.72. The van der Waals surface area contributed by atoms with Gasteiger partial charge in [0.2, 0.25) is 5.76 Å². The van der Waals surface area contributed by atoms with E-state index < -0.39 is 5.97 Å². The number of carbonyl (C=O) groups is 1. The van der Waals surface area contributed by atoms with Crippen molar-refractivity contribution in [1.29, 1.82) is 0 Å². The van der Waals surface area contributed by atoms with Gasteiger partial charge in [0, 0.05) is 6.04 Å². The lowest BCUT2D eigenvalue weighted by atomic mass is 9.87. The van der Waals surface area contributed by atoms with Crippen molar-refractivity contribution in [2.45, 2.75) is 51.6 Å². The summed E-state index contributed by atoms with van der Waals surface area (Å²) in [6.07, 6.45) is 4.97. The number of hydrogen-bond acceptors (Lipinski definition) is 3. The highest BCUT2D eigenvalue weighted by Gasteiger charge is 2.22. The Morgan fingerprint density at radius 2 is 2.28 bits per heavy atom. The van der Waals surface area contributed by atoms with Crippen LogP contribution in [0.4, 0.5) is 0 Å². The summed E-state index contributed by atoms with van der Waals surface area (Å²) in [7, 11) is 0. The van der Waals surface area contributed by atoms with E-state index >= 15 is 0 Å². The Morgan fingerprint density at radius 3 is 2.89 bits per heavy atom. The number of nitrogens with one attached hydrogen (secondary N) is 1. The van der Waals surface area contributed by atoms with Gasteiger partial charge in [-0.3, -0.25) is 0 Å². The molecule has 1 heterocycles. The second kappa shape index (κ2) is 5.57. The number of hydrogen-bond donors (Lipinski definition) is 2. The molecule has 2 rings (SSSR count). The van der Waals surface area contributed by atoms with Gasteiger partial charge in [0.25, 0.3) is 0 Å². The van der Waals surface area contributed by atoms with E-state index in [0.29, 0.717) is 11.8 Å². The van der Waals surface area contributed by atoms with Crippen molar-refractivity contribution in [3.63, 3.8) is 0 Å². The zero-order valence-electron chi connectivity index (χ0n) is 11.0. The van der Waals surface area contributed by atoms with Gasteiger partial charge in [-0.25, -0.2) is 4.79 Å². The molecule has 0 amide bonds. The van der Waals surface area contributed by atoms with Crippen molar-refractivity contribution in [3.8, 4) is 0 Å². The highest BCUT2D eigenvalue weighted by molar-refractivity contribution is 5.84. The molecule has 1 aromatic heterocycles. The van der Waals surface area contributed by atoms with Gasteiger partial charge in [-0.15, -0.1) is 0 Å². The largest absolute Gasteiger partial charge is 0.475 e. The molecule has 100 valence electrons. The Hall–Kier alpha value is -1.29. The highest BCUT2D eigenvalue weighted by Crippen LogP contribution is 2.26. The molecule has 0 spiro atoms. The molecule has 1 fully saturated rings.